The minimum atomic E-state index is -0.768. The third-order valence-electron chi connectivity index (χ3n) is 5.76. The zero-order valence-corrected chi connectivity index (χ0v) is 19.7. The number of carbonyl (C=O) groups is 1. The van der Waals surface area contributed by atoms with Gasteiger partial charge in [0, 0.05) is 11.6 Å². The molecular formula is C26H22N2O5S. The topological polar surface area (TPSA) is 83.0 Å². The molecule has 34 heavy (non-hydrogen) atoms. The molecule has 7 nitrogen and oxygen atoms in total. The van der Waals surface area contributed by atoms with Crippen molar-refractivity contribution >= 4 is 34.2 Å². The van der Waals surface area contributed by atoms with Gasteiger partial charge < -0.3 is 13.9 Å². The van der Waals surface area contributed by atoms with E-state index in [0.29, 0.717) is 37.7 Å². The number of hydrogen-bond acceptors (Lipinski definition) is 7. The van der Waals surface area contributed by atoms with Crippen LogP contribution in [-0.2, 0) is 9.53 Å². The Balaban J connectivity index is 1.87. The highest BCUT2D eigenvalue weighted by Gasteiger charge is 2.36. The molecule has 0 saturated heterocycles. The van der Waals surface area contributed by atoms with Crippen LogP contribution in [0.5, 0.6) is 5.75 Å². The molecular weight excluding hydrogens is 452 g/mol. The van der Waals surface area contributed by atoms with E-state index in [1.807, 2.05) is 36.4 Å². The Morgan fingerprint density at radius 1 is 1.21 bits per heavy atom. The lowest BCUT2D eigenvalue weighted by molar-refractivity contribution is -0.139. The molecule has 8 heteroatoms. The molecule has 4 aromatic rings. The van der Waals surface area contributed by atoms with Crippen molar-refractivity contribution in [1.82, 2.24) is 4.57 Å². The first kappa shape index (κ1) is 21.9. The maximum atomic E-state index is 13.7. The van der Waals surface area contributed by atoms with Crippen LogP contribution in [0, 0.1) is 0 Å². The number of rotatable bonds is 5. The smallest absolute Gasteiger partial charge is 0.338 e. The van der Waals surface area contributed by atoms with Gasteiger partial charge in [-0.2, -0.15) is 0 Å². The molecule has 3 heterocycles. The summed E-state index contributed by atoms with van der Waals surface area (Å²) in [6.07, 6.45) is 3.24. The quantitative estimate of drug-likeness (QED) is 0.413. The number of fused-ring (bicyclic) bond motifs is 2. The summed E-state index contributed by atoms with van der Waals surface area (Å²) in [7, 11) is 1.58. The molecule has 0 unspecified atom stereocenters. The number of furan rings is 1. The van der Waals surface area contributed by atoms with Crippen molar-refractivity contribution in [2.75, 3.05) is 13.7 Å². The number of ether oxygens (including phenoxy) is 2. The zero-order valence-electron chi connectivity index (χ0n) is 18.9. The third-order valence-corrected chi connectivity index (χ3v) is 6.74. The first-order valence-corrected chi connectivity index (χ1v) is 11.6. The first-order chi connectivity index (χ1) is 16.5. The van der Waals surface area contributed by atoms with Crippen LogP contribution < -0.4 is 19.6 Å². The standard InChI is InChI=1S/C26H22N2O5S/c1-4-32-25(30)21-15(2)27-26-28(24(29)20(34-26)14-17-9-7-13-33-17)23(21)22-18-10-6-5-8-16(18)11-12-19(22)31-3/h5-14,23H,4H2,1-3H3/b20-14-/t23-/m1/s1. The van der Waals surface area contributed by atoms with Crippen LogP contribution in [0.3, 0.4) is 0 Å². The Labute approximate surface area is 198 Å². The van der Waals surface area contributed by atoms with Crippen LogP contribution in [0.25, 0.3) is 16.8 Å². The molecule has 0 aliphatic carbocycles. The van der Waals surface area contributed by atoms with Crippen LogP contribution >= 0.6 is 11.3 Å². The van der Waals surface area contributed by atoms with Crippen LogP contribution in [0.15, 0.2) is 80.3 Å². The van der Waals surface area contributed by atoms with Gasteiger partial charge in [-0.1, -0.05) is 41.7 Å². The molecule has 1 atom stereocenters. The summed E-state index contributed by atoms with van der Waals surface area (Å²) in [6, 6.07) is 14.4. The molecule has 5 rings (SSSR count). The molecule has 2 aromatic carbocycles. The van der Waals surface area contributed by atoms with Gasteiger partial charge >= 0.3 is 5.97 Å². The molecule has 0 fully saturated rings. The molecule has 1 aliphatic heterocycles. The number of aromatic nitrogens is 1. The van der Waals surface area contributed by atoms with Gasteiger partial charge in [-0.25, -0.2) is 9.79 Å². The normalized spacial score (nSPS) is 15.9. The Morgan fingerprint density at radius 3 is 2.76 bits per heavy atom. The second-order valence-corrected chi connectivity index (χ2v) is 8.73. The largest absolute Gasteiger partial charge is 0.496 e. The molecule has 172 valence electrons. The fourth-order valence-electron chi connectivity index (χ4n) is 4.30. The summed E-state index contributed by atoms with van der Waals surface area (Å²) in [6.45, 7) is 3.72. The maximum absolute atomic E-state index is 13.7. The fraction of sp³-hybridized carbons (Fsp3) is 0.192. The van der Waals surface area contributed by atoms with Gasteiger partial charge in [0.1, 0.15) is 17.6 Å². The molecule has 0 radical (unpaired) electrons. The summed E-state index contributed by atoms with van der Waals surface area (Å²) in [4.78, 5) is 32.0. The van der Waals surface area contributed by atoms with E-state index in [0.717, 1.165) is 10.8 Å². The molecule has 0 N–H and O–H groups in total. The highest BCUT2D eigenvalue weighted by atomic mass is 32.1. The van der Waals surface area contributed by atoms with E-state index < -0.39 is 12.0 Å². The predicted octanol–water partition coefficient (Wildman–Crippen LogP) is 3.55. The van der Waals surface area contributed by atoms with Gasteiger partial charge in [-0.05, 0) is 42.8 Å². The number of hydrogen-bond donors (Lipinski definition) is 0. The van der Waals surface area contributed by atoms with Gasteiger partial charge in [-0.3, -0.25) is 9.36 Å². The van der Waals surface area contributed by atoms with Crippen molar-refractivity contribution in [3.05, 3.63) is 97.1 Å². The van der Waals surface area contributed by atoms with E-state index in [-0.39, 0.29) is 12.2 Å². The van der Waals surface area contributed by atoms with Gasteiger partial charge in [-0.15, -0.1) is 0 Å². The van der Waals surface area contributed by atoms with Crippen molar-refractivity contribution in [2.24, 2.45) is 4.99 Å². The van der Waals surface area contributed by atoms with Crippen molar-refractivity contribution in [3.8, 4) is 5.75 Å². The van der Waals surface area contributed by atoms with E-state index in [4.69, 9.17) is 13.9 Å². The molecule has 0 amide bonds. The van der Waals surface area contributed by atoms with Crippen molar-refractivity contribution < 1.29 is 18.7 Å². The van der Waals surface area contributed by atoms with Crippen LogP contribution in [0.2, 0.25) is 0 Å². The average molecular weight is 475 g/mol. The van der Waals surface area contributed by atoms with Crippen molar-refractivity contribution in [3.63, 3.8) is 0 Å². The maximum Gasteiger partial charge on any atom is 0.338 e. The summed E-state index contributed by atoms with van der Waals surface area (Å²) in [5.41, 5.74) is 1.26. The number of esters is 1. The Bertz CT molecular complexity index is 1610. The van der Waals surface area contributed by atoms with Crippen molar-refractivity contribution in [2.45, 2.75) is 19.9 Å². The van der Waals surface area contributed by atoms with Gasteiger partial charge in [0.15, 0.2) is 4.80 Å². The summed E-state index contributed by atoms with van der Waals surface area (Å²) in [5.74, 6) is 0.621. The van der Waals surface area contributed by atoms with Gasteiger partial charge in [0.25, 0.3) is 5.56 Å². The third kappa shape index (κ3) is 3.56. The van der Waals surface area contributed by atoms with E-state index in [1.165, 1.54) is 11.3 Å². The molecule has 0 saturated carbocycles. The van der Waals surface area contributed by atoms with E-state index >= 15 is 0 Å². The van der Waals surface area contributed by atoms with Crippen LogP contribution in [-0.4, -0.2) is 24.3 Å². The van der Waals surface area contributed by atoms with Crippen LogP contribution in [0.4, 0.5) is 0 Å². The monoisotopic (exact) mass is 474 g/mol. The Hall–Kier alpha value is -3.91. The summed E-state index contributed by atoms with van der Waals surface area (Å²) in [5, 5.41) is 1.85. The zero-order chi connectivity index (χ0) is 23.8. The van der Waals surface area contributed by atoms with Gasteiger partial charge in [0.05, 0.1) is 35.8 Å². The lowest BCUT2D eigenvalue weighted by atomic mass is 9.90. The summed E-state index contributed by atoms with van der Waals surface area (Å²) < 4.78 is 18.6. The minimum absolute atomic E-state index is 0.206. The second-order valence-electron chi connectivity index (χ2n) is 7.72. The van der Waals surface area contributed by atoms with Crippen molar-refractivity contribution in [1.29, 1.82) is 0 Å². The SMILES string of the molecule is CCOC(=O)C1=C(C)N=c2s/c(=C\c3ccco3)c(=O)n2[C@H]1c1c(OC)ccc2ccccc12. The van der Waals surface area contributed by atoms with E-state index in [1.54, 1.807) is 50.0 Å². The number of thiazole rings is 1. The molecule has 0 spiro atoms. The highest BCUT2D eigenvalue weighted by molar-refractivity contribution is 7.07. The van der Waals surface area contributed by atoms with Crippen LogP contribution in [0.1, 0.15) is 31.2 Å². The highest BCUT2D eigenvalue weighted by Crippen LogP contribution is 2.40. The minimum Gasteiger partial charge on any atom is -0.496 e. The van der Waals surface area contributed by atoms with E-state index in [2.05, 4.69) is 4.99 Å². The molecule has 1 aliphatic rings. The average Bonchev–Trinajstić information content (AvgIpc) is 3.45. The van der Waals surface area contributed by atoms with Gasteiger partial charge in [0.2, 0.25) is 0 Å². The Kier molecular flexibility index (Phi) is 5.67. The Morgan fingerprint density at radius 2 is 2.03 bits per heavy atom. The second kappa shape index (κ2) is 8.79. The number of carbonyl (C=O) groups excluding carboxylic acids is 1. The number of benzene rings is 2. The summed E-state index contributed by atoms with van der Waals surface area (Å²) >= 11 is 1.25. The number of allylic oxidation sites excluding steroid dienone is 1. The molecule has 2 aromatic heterocycles. The molecule has 0 bridgehead atoms. The lowest BCUT2D eigenvalue weighted by Crippen LogP contribution is -2.40. The lowest BCUT2D eigenvalue weighted by Gasteiger charge is -2.27. The first-order valence-electron chi connectivity index (χ1n) is 10.8. The number of nitrogens with zero attached hydrogens (tertiary/aromatic N) is 2. The van der Waals surface area contributed by atoms with E-state index in [9.17, 15) is 9.59 Å². The fourth-order valence-corrected chi connectivity index (χ4v) is 5.33. The predicted molar refractivity (Wildman–Crippen MR) is 130 cm³/mol. The number of methoxy groups -OCH3 is 1.